The second-order valence-electron chi connectivity index (χ2n) is 9.72. The number of nitrogens with one attached hydrogen (secondary N) is 1. The van der Waals surface area contributed by atoms with E-state index in [4.69, 9.17) is 10.5 Å². The highest BCUT2D eigenvalue weighted by molar-refractivity contribution is 6.24. The highest BCUT2D eigenvalue weighted by Crippen LogP contribution is 2.52. The SMILES string of the molecule is Cc1ccc(OC(=O)Nc2ccc(O)c3c2C[C@H]2C[C@H]4CC(O)=C(C(N)=O)C(=O)[C@@]4(O)C(O)=C2C3=O)cc1. The molecule has 0 radical (unpaired) electrons. The number of phenols is 1. The molecule has 3 aliphatic carbocycles. The summed E-state index contributed by atoms with van der Waals surface area (Å²) < 4.78 is 5.29. The van der Waals surface area contributed by atoms with Gasteiger partial charge >= 0.3 is 6.09 Å². The van der Waals surface area contributed by atoms with E-state index >= 15 is 0 Å². The number of nitrogens with two attached hydrogens (primary N) is 1. The van der Waals surface area contributed by atoms with Crippen LogP contribution < -0.4 is 15.8 Å². The van der Waals surface area contributed by atoms with Crippen LogP contribution in [0.3, 0.4) is 0 Å². The topological polar surface area (TPSA) is 196 Å². The normalized spacial score (nSPS) is 24.4. The predicted molar refractivity (Wildman–Crippen MR) is 132 cm³/mol. The number of carbonyl (C=O) groups excluding carboxylic acids is 4. The van der Waals surface area contributed by atoms with E-state index in [0.29, 0.717) is 5.75 Å². The minimum atomic E-state index is -2.64. The first-order chi connectivity index (χ1) is 17.9. The average Bonchev–Trinajstić information content (AvgIpc) is 2.84. The number of allylic oxidation sites excluding steroid dienone is 2. The molecule has 0 fully saturated rings. The molecule has 0 bridgehead atoms. The van der Waals surface area contributed by atoms with Gasteiger partial charge in [0.15, 0.2) is 11.4 Å². The molecule has 3 aliphatic rings. The Hall–Kier alpha value is -4.64. The Labute approximate surface area is 215 Å². The molecule has 0 saturated carbocycles. The summed E-state index contributed by atoms with van der Waals surface area (Å²) in [6.45, 7) is 1.88. The van der Waals surface area contributed by atoms with Crippen molar-refractivity contribution in [3.05, 3.63) is 75.8 Å². The van der Waals surface area contributed by atoms with Crippen molar-refractivity contribution in [2.24, 2.45) is 17.6 Å². The van der Waals surface area contributed by atoms with Gasteiger partial charge in [0.05, 0.1) is 5.56 Å². The van der Waals surface area contributed by atoms with Crippen molar-refractivity contribution >= 4 is 29.3 Å². The lowest BCUT2D eigenvalue weighted by Crippen LogP contribution is -2.57. The van der Waals surface area contributed by atoms with E-state index < -0.39 is 63.8 Å². The molecule has 11 heteroatoms. The van der Waals surface area contributed by atoms with Gasteiger partial charge in [-0.2, -0.15) is 0 Å². The third-order valence-corrected chi connectivity index (χ3v) is 7.41. The summed E-state index contributed by atoms with van der Waals surface area (Å²) in [5, 5.41) is 45.7. The fraction of sp³-hybridized carbons (Fsp3) is 0.259. The van der Waals surface area contributed by atoms with Gasteiger partial charge in [-0.3, -0.25) is 19.7 Å². The minimum Gasteiger partial charge on any atom is -0.511 e. The molecule has 0 unspecified atom stereocenters. The summed E-state index contributed by atoms with van der Waals surface area (Å²) in [5.41, 5.74) is 2.67. The largest absolute Gasteiger partial charge is 0.511 e. The molecule has 2 aromatic rings. The second kappa shape index (κ2) is 8.73. The van der Waals surface area contributed by atoms with E-state index in [2.05, 4.69) is 5.32 Å². The number of anilines is 1. The number of phenolic OH excluding ortho intramolecular Hbond substituents is 1. The van der Waals surface area contributed by atoms with E-state index in [0.717, 1.165) is 5.56 Å². The van der Waals surface area contributed by atoms with Crippen LogP contribution in [0.1, 0.15) is 34.3 Å². The number of carbonyl (C=O) groups is 4. The van der Waals surface area contributed by atoms with E-state index in [9.17, 15) is 39.6 Å². The van der Waals surface area contributed by atoms with Crippen molar-refractivity contribution < 1.29 is 44.3 Å². The number of rotatable bonds is 3. The number of hydrogen-bond acceptors (Lipinski definition) is 9. The van der Waals surface area contributed by atoms with Crippen molar-refractivity contribution in [1.29, 1.82) is 0 Å². The van der Waals surface area contributed by atoms with Crippen LogP contribution in [0.4, 0.5) is 10.5 Å². The zero-order valence-electron chi connectivity index (χ0n) is 20.1. The number of aromatic hydroxyl groups is 1. The van der Waals surface area contributed by atoms with Crippen LogP contribution in [-0.4, -0.2) is 49.6 Å². The molecule has 0 heterocycles. The van der Waals surface area contributed by atoms with Gasteiger partial charge in [0.1, 0.15) is 28.6 Å². The number of amides is 2. The highest BCUT2D eigenvalue weighted by Gasteiger charge is 2.59. The molecular weight excluding hydrogens is 496 g/mol. The third kappa shape index (κ3) is 3.70. The van der Waals surface area contributed by atoms with E-state index in [1.165, 1.54) is 12.1 Å². The number of hydrogen-bond donors (Lipinski definition) is 6. The maximum absolute atomic E-state index is 13.5. The zero-order valence-corrected chi connectivity index (χ0v) is 20.1. The molecule has 0 aliphatic heterocycles. The van der Waals surface area contributed by atoms with Gasteiger partial charge in [0.25, 0.3) is 5.91 Å². The van der Waals surface area contributed by atoms with Gasteiger partial charge in [-0.1, -0.05) is 17.7 Å². The second-order valence-corrected chi connectivity index (χ2v) is 9.72. The first-order valence-corrected chi connectivity index (χ1v) is 11.8. The van der Waals surface area contributed by atoms with Crippen LogP contribution in [0, 0.1) is 18.8 Å². The highest BCUT2D eigenvalue weighted by atomic mass is 16.6. The number of primary amides is 1. The summed E-state index contributed by atoms with van der Waals surface area (Å²) in [5.74, 6) is -6.88. The molecule has 2 amide bonds. The summed E-state index contributed by atoms with van der Waals surface area (Å²) in [4.78, 5) is 50.9. The quantitative estimate of drug-likeness (QED) is 0.260. The van der Waals surface area contributed by atoms with Gasteiger partial charge < -0.3 is 30.9 Å². The van der Waals surface area contributed by atoms with Crippen LogP contribution >= 0.6 is 0 Å². The first kappa shape index (κ1) is 25.0. The first-order valence-electron chi connectivity index (χ1n) is 11.8. The Bertz CT molecular complexity index is 1490. The number of ketones is 2. The summed E-state index contributed by atoms with van der Waals surface area (Å²) in [6.07, 6.45) is -1.14. The smallest absolute Gasteiger partial charge is 0.417 e. The molecule has 2 aromatic carbocycles. The Kier molecular flexibility index (Phi) is 5.75. The molecular formula is C27H24N2O9. The number of ether oxygens (including phenoxy) is 1. The summed E-state index contributed by atoms with van der Waals surface area (Å²) in [7, 11) is 0. The standard InChI is InChI=1S/C27H24N2O9/c1-11-2-4-14(5-3-11)38-26(36)29-16-6-7-17(30)20-15(16)9-12-8-13-10-18(31)21(25(28)35)24(34)27(13,37)23(33)19(12)22(20)32/h2-7,12-13,30-31,33,37H,8-10H2,1H3,(H2,28,35)(H,29,36)/t12-,13+,27+/m1/s1. The van der Waals surface area contributed by atoms with Crippen molar-refractivity contribution in [2.45, 2.75) is 31.8 Å². The van der Waals surface area contributed by atoms with Gasteiger partial charge in [-0.05, 0) is 55.5 Å². The lowest BCUT2D eigenvalue weighted by molar-refractivity contribution is -0.144. The lowest BCUT2D eigenvalue weighted by Gasteiger charge is -2.45. The van der Waals surface area contributed by atoms with Crippen molar-refractivity contribution in [1.82, 2.24) is 0 Å². The Morgan fingerprint density at radius 2 is 1.74 bits per heavy atom. The monoisotopic (exact) mass is 520 g/mol. The van der Waals surface area contributed by atoms with Crippen LogP contribution in [0.25, 0.3) is 0 Å². The fourth-order valence-electron chi connectivity index (χ4n) is 5.59. The number of aryl methyl sites for hydroxylation is 1. The molecule has 5 rings (SSSR count). The molecule has 38 heavy (non-hydrogen) atoms. The lowest BCUT2D eigenvalue weighted by atomic mass is 9.60. The average molecular weight is 520 g/mol. The summed E-state index contributed by atoms with van der Waals surface area (Å²) in [6, 6.07) is 9.37. The van der Waals surface area contributed by atoms with Gasteiger partial charge in [0.2, 0.25) is 5.78 Å². The van der Waals surface area contributed by atoms with Crippen molar-refractivity contribution in [2.75, 3.05) is 5.32 Å². The Balaban J connectivity index is 1.52. The zero-order chi connectivity index (χ0) is 27.5. The molecule has 11 nitrogen and oxygen atoms in total. The van der Waals surface area contributed by atoms with Crippen LogP contribution in [0.15, 0.2) is 59.1 Å². The molecule has 0 aromatic heterocycles. The summed E-state index contributed by atoms with van der Waals surface area (Å²) >= 11 is 0. The maximum atomic E-state index is 13.5. The third-order valence-electron chi connectivity index (χ3n) is 7.41. The number of aliphatic hydroxyl groups excluding tert-OH is 2. The van der Waals surface area contributed by atoms with E-state index in [-0.39, 0.29) is 41.6 Å². The molecule has 196 valence electrons. The molecule has 3 atom stereocenters. The Morgan fingerprint density at radius 3 is 2.39 bits per heavy atom. The minimum absolute atomic E-state index is 0.0220. The maximum Gasteiger partial charge on any atom is 0.417 e. The number of benzene rings is 2. The van der Waals surface area contributed by atoms with Crippen LogP contribution in [0.2, 0.25) is 0 Å². The van der Waals surface area contributed by atoms with Gasteiger partial charge in [-0.25, -0.2) is 4.79 Å². The van der Waals surface area contributed by atoms with Crippen molar-refractivity contribution in [3.8, 4) is 11.5 Å². The van der Waals surface area contributed by atoms with Crippen molar-refractivity contribution in [3.63, 3.8) is 0 Å². The predicted octanol–water partition coefficient (Wildman–Crippen LogP) is 2.50. The number of fused-ring (bicyclic) bond motifs is 3. The van der Waals surface area contributed by atoms with Crippen LogP contribution in [-0.2, 0) is 16.0 Å². The fourth-order valence-corrected chi connectivity index (χ4v) is 5.59. The van der Waals surface area contributed by atoms with Gasteiger partial charge in [-0.15, -0.1) is 0 Å². The Morgan fingerprint density at radius 1 is 1.05 bits per heavy atom. The number of Topliss-reactive ketones (excluding diaryl/α,β-unsaturated/α-hetero) is 2. The molecule has 0 saturated heterocycles. The van der Waals surface area contributed by atoms with Crippen LogP contribution in [0.5, 0.6) is 11.5 Å². The van der Waals surface area contributed by atoms with E-state index in [1.807, 2.05) is 6.92 Å². The van der Waals surface area contributed by atoms with E-state index in [1.54, 1.807) is 24.3 Å². The molecule has 7 N–H and O–H groups in total. The molecule has 0 spiro atoms. The van der Waals surface area contributed by atoms with Gasteiger partial charge in [0, 0.05) is 23.6 Å². The number of aliphatic hydroxyl groups is 3.